The molecule has 0 radical (unpaired) electrons. The Kier molecular flexibility index (Phi) is 12.8. The molecule has 2 heterocycles. The Morgan fingerprint density at radius 2 is 1.70 bits per heavy atom. The molecule has 1 N–H and O–H groups in total. The lowest BCUT2D eigenvalue weighted by Crippen LogP contribution is -2.28. The average molecular weight is 475 g/mol. The van der Waals surface area contributed by atoms with Crippen LogP contribution in [0.1, 0.15) is 109 Å². The zero-order chi connectivity index (χ0) is 23.1. The van der Waals surface area contributed by atoms with Crippen LogP contribution in [0.25, 0.3) is 0 Å². The highest BCUT2D eigenvalue weighted by molar-refractivity contribution is 7.99. The van der Waals surface area contributed by atoms with Crippen molar-refractivity contribution in [2.24, 2.45) is 17.8 Å². The molecule has 2 saturated heterocycles. The number of hydrogen-bond donors (Lipinski definition) is 1. The largest absolute Gasteiger partial charge is 0.481 e. The summed E-state index contributed by atoms with van der Waals surface area (Å²) in [6.07, 6.45) is 25.7. The first-order valence-electron chi connectivity index (χ1n) is 13.8. The summed E-state index contributed by atoms with van der Waals surface area (Å²) in [6.45, 7) is 0. The van der Waals surface area contributed by atoms with Crippen LogP contribution in [0.3, 0.4) is 0 Å². The molecule has 1 saturated carbocycles. The van der Waals surface area contributed by atoms with Crippen molar-refractivity contribution in [1.29, 1.82) is 0 Å². The number of rotatable bonds is 15. The quantitative estimate of drug-likeness (QED) is 0.150. The first kappa shape index (κ1) is 26.7. The summed E-state index contributed by atoms with van der Waals surface area (Å²) in [5, 5.41) is 8.73. The van der Waals surface area contributed by atoms with Crippen molar-refractivity contribution in [2.75, 3.05) is 11.5 Å². The van der Waals surface area contributed by atoms with Crippen LogP contribution in [-0.2, 0) is 9.53 Å². The molecule has 0 aromatic rings. The smallest absolute Gasteiger partial charge is 0.303 e. The predicted molar refractivity (Wildman–Crippen MR) is 139 cm³/mol. The fourth-order valence-electron chi connectivity index (χ4n) is 5.99. The number of carboxylic acid groups (broad SMARTS) is 1. The van der Waals surface area contributed by atoms with Crippen molar-refractivity contribution in [1.82, 2.24) is 0 Å². The Bertz CT molecular complexity index is 643. The molecule has 4 heteroatoms. The third-order valence-corrected chi connectivity index (χ3v) is 8.99. The first-order chi connectivity index (χ1) is 16.2. The summed E-state index contributed by atoms with van der Waals surface area (Å²) in [7, 11) is 0. The van der Waals surface area contributed by atoms with E-state index in [4.69, 9.17) is 9.84 Å². The van der Waals surface area contributed by atoms with Gasteiger partial charge in [0, 0.05) is 25.0 Å². The zero-order valence-corrected chi connectivity index (χ0v) is 21.5. The minimum atomic E-state index is -0.698. The van der Waals surface area contributed by atoms with E-state index in [0.717, 1.165) is 43.8 Å². The molecule has 0 spiro atoms. The number of aliphatic carboxylic acids is 1. The average Bonchev–Trinajstić information content (AvgIpc) is 3.42. The Labute approximate surface area is 206 Å². The molecular weight excluding hydrogens is 428 g/mol. The SMILES string of the molecule is O=C(O)CCCC=CC[C@@H]1[C@@H](CSCCC#CCCCCCC2CCCCC2)[C@@H]2CC[C@H]1O2. The molecule has 0 unspecified atom stereocenters. The third kappa shape index (κ3) is 10.1. The molecule has 4 atom stereocenters. The number of allylic oxidation sites excluding steroid dienone is 2. The Balaban J connectivity index is 1.20. The number of ether oxygens (including phenoxy) is 1. The van der Waals surface area contributed by atoms with Crippen molar-refractivity contribution >= 4 is 17.7 Å². The maximum Gasteiger partial charge on any atom is 0.303 e. The lowest BCUT2D eigenvalue weighted by Gasteiger charge is -2.26. The number of hydrogen-bond acceptors (Lipinski definition) is 3. The molecule has 2 bridgehead atoms. The second-order valence-corrected chi connectivity index (χ2v) is 11.5. The molecule has 3 aliphatic rings. The van der Waals surface area contributed by atoms with E-state index < -0.39 is 5.97 Å². The molecule has 1 aliphatic carbocycles. The van der Waals surface area contributed by atoms with Gasteiger partial charge in [0.1, 0.15) is 0 Å². The monoisotopic (exact) mass is 474 g/mol. The van der Waals surface area contributed by atoms with Crippen molar-refractivity contribution in [2.45, 2.75) is 121 Å². The van der Waals surface area contributed by atoms with E-state index in [1.165, 1.54) is 76.4 Å². The van der Waals surface area contributed by atoms with Gasteiger partial charge in [0.15, 0.2) is 0 Å². The van der Waals surface area contributed by atoms with Gasteiger partial charge in [-0.3, -0.25) is 4.79 Å². The predicted octanol–water partition coefficient (Wildman–Crippen LogP) is 7.64. The molecule has 3 nitrogen and oxygen atoms in total. The van der Waals surface area contributed by atoms with Gasteiger partial charge in [-0.25, -0.2) is 0 Å². The van der Waals surface area contributed by atoms with Crippen LogP contribution in [0.2, 0.25) is 0 Å². The van der Waals surface area contributed by atoms with Crippen LogP contribution in [-0.4, -0.2) is 34.8 Å². The zero-order valence-electron chi connectivity index (χ0n) is 20.6. The highest BCUT2D eigenvalue weighted by atomic mass is 32.2. The topological polar surface area (TPSA) is 46.5 Å². The van der Waals surface area contributed by atoms with E-state index in [0.29, 0.717) is 24.0 Å². The molecule has 0 aromatic carbocycles. The number of thioether (sulfide) groups is 1. The molecular formula is C29H46O3S. The van der Waals surface area contributed by atoms with Crippen molar-refractivity contribution in [3.05, 3.63) is 12.2 Å². The molecule has 3 rings (SSSR count). The highest BCUT2D eigenvalue weighted by Gasteiger charge is 2.47. The van der Waals surface area contributed by atoms with Gasteiger partial charge < -0.3 is 9.84 Å². The van der Waals surface area contributed by atoms with Gasteiger partial charge in [-0.1, -0.05) is 63.5 Å². The summed E-state index contributed by atoms with van der Waals surface area (Å²) in [5.41, 5.74) is 0. The number of carbonyl (C=O) groups is 1. The summed E-state index contributed by atoms with van der Waals surface area (Å²) < 4.78 is 6.24. The van der Waals surface area contributed by atoms with Gasteiger partial charge in [-0.2, -0.15) is 11.8 Å². The van der Waals surface area contributed by atoms with Gasteiger partial charge in [0.05, 0.1) is 12.2 Å². The second-order valence-electron chi connectivity index (χ2n) is 10.4. The van der Waals surface area contributed by atoms with Crippen LogP contribution in [0.4, 0.5) is 0 Å². The van der Waals surface area contributed by atoms with Gasteiger partial charge >= 0.3 is 5.97 Å². The van der Waals surface area contributed by atoms with E-state index in [-0.39, 0.29) is 6.42 Å². The Morgan fingerprint density at radius 3 is 2.52 bits per heavy atom. The first-order valence-corrected chi connectivity index (χ1v) is 14.9. The van der Waals surface area contributed by atoms with E-state index in [1.54, 1.807) is 0 Å². The molecule has 0 aromatic heterocycles. The molecule has 2 aliphatic heterocycles. The molecule has 33 heavy (non-hydrogen) atoms. The molecule has 0 amide bonds. The maximum atomic E-state index is 10.6. The summed E-state index contributed by atoms with van der Waals surface area (Å²) in [4.78, 5) is 10.6. The van der Waals surface area contributed by atoms with Crippen molar-refractivity contribution in [3.63, 3.8) is 0 Å². The molecule has 3 fully saturated rings. The normalized spacial score (nSPS) is 27.2. The lowest BCUT2D eigenvalue weighted by atomic mass is 9.78. The third-order valence-electron chi connectivity index (χ3n) is 7.87. The summed E-state index contributed by atoms with van der Waals surface area (Å²) in [6, 6.07) is 0. The number of fused-ring (bicyclic) bond motifs is 2. The van der Waals surface area contributed by atoms with Crippen molar-refractivity contribution in [3.8, 4) is 11.8 Å². The number of carboxylic acids is 1. The maximum absolute atomic E-state index is 10.6. The standard InChI is InChI=1S/C29H46O3S/c30-29(31)19-13-6-5-12-18-25-26(28-21-20-27(25)32-28)23-33-22-14-7-3-1-2-4-9-15-24-16-10-8-11-17-24/h5,12,24-28H,1-2,4,6,8-11,13-23H2,(H,30,31)/t25-,26-,27-,28+/m1/s1. The summed E-state index contributed by atoms with van der Waals surface area (Å²) in [5.74, 6) is 10.8. The lowest BCUT2D eigenvalue weighted by molar-refractivity contribution is -0.137. The second kappa shape index (κ2) is 15.9. The fourth-order valence-corrected chi connectivity index (χ4v) is 7.14. The van der Waals surface area contributed by atoms with Crippen LogP contribution in [0.5, 0.6) is 0 Å². The van der Waals surface area contributed by atoms with Crippen LogP contribution in [0.15, 0.2) is 12.2 Å². The highest BCUT2D eigenvalue weighted by Crippen LogP contribution is 2.46. The van der Waals surface area contributed by atoms with Gasteiger partial charge in [-0.05, 0) is 62.0 Å². The van der Waals surface area contributed by atoms with E-state index in [2.05, 4.69) is 35.8 Å². The van der Waals surface area contributed by atoms with Gasteiger partial charge in [0.2, 0.25) is 0 Å². The fraction of sp³-hybridized carbons (Fsp3) is 0.828. The minimum Gasteiger partial charge on any atom is -0.481 e. The van der Waals surface area contributed by atoms with Gasteiger partial charge in [0.25, 0.3) is 0 Å². The number of unbranched alkanes of at least 4 members (excludes halogenated alkanes) is 4. The van der Waals surface area contributed by atoms with Gasteiger partial charge in [-0.15, -0.1) is 11.8 Å². The molecule has 186 valence electrons. The summed E-state index contributed by atoms with van der Waals surface area (Å²) >= 11 is 2.06. The van der Waals surface area contributed by atoms with E-state index in [1.807, 2.05) is 0 Å². The Morgan fingerprint density at radius 1 is 0.909 bits per heavy atom. The van der Waals surface area contributed by atoms with E-state index in [9.17, 15) is 4.79 Å². The minimum absolute atomic E-state index is 0.268. The van der Waals surface area contributed by atoms with Crippen molar-refractivity contribution < 1.29 is 14.6 Å². The van der Waals surface area contributed by atoms with Crippen LogP contribution < -0.4 is 0 Å². The van der Waals surface area contributed by atoms with Crippen LogP contribution in [0, 0.1) is 29.6 Å². The van der Waals surface area contributed by atoms with E-state index >= 15 is 0 Å². The Hall–Kier alpha value is -0.920. The van der Waals surface area contributed by atoms with Crippen LogP contribution >= 0.6 is 11.8 Å².